The van der Waals surface area contributed by atoms with Crippen LogP contribution in [0.2, 0.25) is 0 Å². The Morgan fingerprint density at radius 3 is 0.861 bits per heavy atom. The summed E-state index contributed by atoms with van der Waals surface area (Å²) in [4.78, 5) is 151. The Morgan fingerprint density at radius 2 is 0.544 bits per heavy atom. The predicted octanol–water partition coefficient (Wildman–Crippen LogP) is -1.06. The molecule has 3 fully saturated rings. The van der Waals surface area contributed by atoms with Gasteiger partial charge in [0.1, 0.15) is 63.1 Å². The summed E-state index contributed by atoms with van der Waals surface area (Å²) in [6, 6.07) is 0. The van der Waals surface area contributed by atoms with Crippen LogP contribution in [0.25, 0.3) is 0 Å². The highest BCUT2D eigenvalue weighted by Gasteiger charge is 2.60. The molecule has 0 aromatic rings. The molecule has 4 heterocycles. The van der Waals surface area contributed by atoms with Crippen LogP contribution >= 0.6 is 0 Å². The van der Waals surface area contributed by atoms with Crippen molar-refractivity contribution in [2.24, 2.45) is 0 Å². The van der Waals surface area contributed by atoms with Gasteiger partial charge < -0.3 is 90.0 Å². The van der Waals surface area contributed by atoms with E-state index in [1.54, 1.807) is 0 Å². The summed E-state index contributed by atoms with van der Waals surface area (Å²) in [7, 11) is 0. The highest BCUT2D eigenvalue weighted by Crippen LogP contribution is 2.39. The lowest BCUT2D eigenvalue weighted by molar-refractivity contribution is -0.382. The molecule has 3 saturated heterocycles. The maximum Gasteiger partial charge on any atom is 0.303 e. The van der Waals surface area contributed by atoms with E-state index in [9.17, 15) is 57.5 Å². The molecule has 4 rings (SSSR count). The van der Waals surface area contributed by atoms with Crippen LogP contribution in [0.5, 0.6) is 0 Å². The zero-order valence-corrected chi connectivity index (χ0v) is 45.0. The first-order chi connectivity index (χ1) is 37.0. The first-order valence-electron chi connectivity index (χ1n) is 24.2. The summed E-state index contributed by atoms with van der Waals surface area (Å²) in [6.07, 6.45) is -29.8. The van der Waals surface area contributed by atoms with Crippen molar-refractivity contribution in [2.45, 2.75) is 194 Å². The second-order valence-corrected chi connectivity index (χ2v) is 17.7. The number of rotatable bonds is 22. The normalized spacial score (nSPS) is 31.9. The van der Waals surface area contributed by atoms with Gasteiger partial charge in [-0.1, -0.05) is 0 Å². The van der Waals surface area contributed by atoms with Gasteiger partial charge in [0, 0.05) is 83.1 Å². The molecule has 0 aliphatic carbocycles. The van der Waals surface area contributed by atoms with E-state index in [2.05, 4.69) is 0 Å². The van der Waals surface area contributed by atoms with Crippen LogP contribution in [-0.2, 0) is 148 Å². The lowest BCUT2D eigenvalue weighted by Crippen LogP contribution is -2.69. The summed E-state index contributed by atoms with van der Waals surface area (Å²) in [6.45, 7) is 9.06. The lowest BCUT2D eigenvalue weighted by atomic mass is 9.95. The monoisotopic (exact) mass is 1140 g/mol. The van der Waals surface area contributed by atoms with Gasteiger partial charge in [0.2, 0.25) is 0 Å². The predicted molar refractivity (Wildman–Crippen MR) is 246 cm³/mol. The fourth-order valence-corrected chi connectivity index (χ4v) is 8.43. The summed E-state index contributed by atoms with van der Waals surface area (Å²) in [5.41, 5.74) is 0. The molecule has 0 amide bonds. The molecule has 31 nitrogen and oxygen atoms in total. The van der Waals surface area contributed by atoms with E-state index >= 15 is 0 Å². The van der Waals surface area contributed by atoms with Gasteiger partial charge >= 0.3 is 71.6 Å². The first kappa shape index (κ1) is 64.5. The molecule has 0 spiro atoms. The van der Waals surface area contributed by atoms with E-state index in [1.165, 1.54) is 6.08 Å². The lowest BCUT2D eigenvalue weighted by Gasteiger charge is -2.50. The van der Waals surface area contributed by atoms with Crippen LogP contribution in [-0.4, -0.2) is 208 Å². The molecule has 0 saturated carbocycles. The number of carbonyl (C=O) groups is 12. The molecule has 31 heteroatoms. The molecule has 442 valence electrons. The molecule has 0 unspecified atom stereocenters. The maximum absolute atomic E-state index is 13.2. The average Bonchev–Trinajstić information content (AvgIpc) is 3.32. The number of carbonyl (C=O) groups excluding carboxylic acids is 12. The molecular formula is C48H64O31. The van der Waals surface area contributed by atoms with Crippen LogP contribution < -0.4 is 0 Å². The molecule has 0 N–H and O–H groups in total. The molecule has 0 radical (unpaired) electrons. The number of ether oxygens (including phenoxy) is 19. The van der Waals surface area contributed by atoms with Crippen molar-refractivity contribution in [3.63, 3.8) is 0 Å². The minimum absolute atomic E-state index is 0.455. The molecule has 4 aliphatic rings. The third-order valence-corrected chi connectivity index (χ3v) is 11.1. The zero-order valence-electron chi connectivity index (χ0n) is 45.0. The first-order valence-corrected chi connectivity index (χ1v) is 24.2. The van der Waals surface area contributed by atoms with Crippen molar-refractivity contribution in [1.29, 1.82) is 0 Å². The van der Waals surface area contributed by atoms with Gasteiger partial charge in [-0.25, -0.2) is 0 Å². The van der Waals surface area contributed by atoms with Gasteiger partial charge in [0.15, 0.2) is 73.8 Å². The standard InChI is InChI=1S/C48H64O31/c1-19(49)62-15-32-36(66-23(5)53)31(13-14-61-32)74-46-43(71-28(10)58)41(69-26(8)56)38(34(75-46)17-64-21(3)51)78-48-45(73-30(12)60)42(70-27(9)57)39(35(77-48)18-65-22(4)52)79-47-44(72-29(11)59)40(68-25(7)55)37(67-24(6)54)33(76-47)16-63-20(2)50/h13-14,31-48H,15-18H2,1-12H3/t31-,32-,33-,34-,35-,36+,37-,38-,39-,40+,41+,42+,43-,44-,45-,46-,47+,48+/m1/s1. The van der Waals surface area contributed by atoms with Crippen molar-refractivity contribution in [2.75, 3.05) is 26.4 Å². The van der Waals surface area contributed by atoms with E-state index in [0.29, 0.717) is 0 Å². The zero-order chi connectivity index (χ0) is 59.0. The second-order valence-electron chi connectivity index (χ2n) is 17.7. The topological polar surface area (TPSA) is 380 Å². The molecule has 0 aromatic carbocycles. The minimum Gasteiger partial charge on any atom is -0.491 e. The quantitative estimate of drug-likeness (QED) is 0.0920. The highest BCUT2D eigenvalue weighted by molar-refractivity contribution is 5.71. The van der Waals surface area contributed by atoms with Crippen LogP contribution in [0.1, 0.15) is 83.1 Å². The Bertz CT molecular complexity index is 2260. The van der Waals surface area contributed by atoms with Crippen LogP contribution in [0.3, 0.4) is 0 Å². The van der Waals surface area contributed by atoms with Gasteiger partial charge in [-0.3, -0.25) is 57.5 Å². The van der Waals surface area contributed by atoms with Crippen molar-refractivity contribution >= 4 is 71.6 Å². The summed E-state index contributed by atoms with van der Waals surface area (Å²) in [5.74, 6) is -11.6. The van der Waals surface area contributed by atoms with Crippen molar-refractivity contribution in [3.05, 3.63) is 12.3 Å². The smallest absolute Gasteiger partial charge is 0.303 e. The molecular weight excluding hydrogens is 1070 g/mol. The van der Waals surface area contributed by atoms with Gasteiger partial charge in [-0.05, 0) is 6.08 Å². The fourth-order valence-electron chi connectivity index (χ4n) is 8.43. The second kappa shape index (κ2) is 29.8. The van der Waals surface area contributed by atoms with E-state index in [-0.39, 0.29) is 0 Å². The van der Waals surface area contributed by atoms with E-state index in [0.717, 1.165) is 89.3 Å². The third-order valence-electron chi connectivity index (χ3n) is 11.1. The van der Waals surface area contributed by atoms with Gasteiger partial charge in [0.25, 0.3) is 0 Å². The Morgan fingerprint density at radius 1 is 0.291 bits per heavy atom. The van der Waals surface area contributed by atoms with Crippen molar-refractivity contribution < 1.29 is 148 Å². The summed E-state index contributed by atoms with van der Waals surface area (Å²) < 4.78 is 109. The minimum atomic E-state index is -2.13. The molecule has 0 aromatic heterocycles. The van der Waals surface area contributed by atoms with E-state index in [4.69, 9.17) is 90.0 Å². The third kappa shape index (κ3) is 19.7. The Hall–Kier alpha value is -7.06. The molecule has 18 atom stereocenters. The number of esters is 12. The van der Waals surface area contributed by atoms with Crippen LogP contribution in [0.15, 0.2) is 12.3 Å². The van der Waals surface area contributed by atoms with E-state index < -0.39 is 208 Å². The average molecular weight is 1140 g/mol. The van der Waals surface area contributed by atoms with E-state index in [1.807, 2.05) is 0 Å². The number of hydrogen-bond donors (Lipinski definition) is 0. The van der Waals surface area contributed by atoms with Gasteiger partial charge in [-0.15, -0.1) is 0 Å². The largest absolute Gasteiger partial charge is 0.491 e. The Kier molecular flexibility index (Phi) is 24.3. The van der Waals surface area contributed by atoms with Gasteiger partial charge in [0.05, 0.1) is 6.26 Å². The maximum atomic E-state index is 13.2. The van der Waals surface area contributed by atoms with Crippen molar-refractivity contribution in [1.82, 2.24) is 0 Å². The molecule has 4 aliphatic heterocycles. The van der Waals surface area contributed by atoms with Crippen LogP contribution in [0.4, 0.5) is 0 Å². The highest BCUT2D eigenvalue weighted by atomic mass is 16.8. The molecule has 79 heavy (non-hydrogen) atoms. The fraction of sp³-hybridized carbons (Fsp3) is 0.708. The van der Waals surface area contributed by atoms with Gasteiger partial charge in [-0.2, -0.15) is 0 Å². The Labute approximate surface area is 450 Å². The summed E-state index contributed by atoms with van der Waals surface area (Å²) in [5, 5.41) is 0. The SMILES string of the molecule is CC(=O)OC[C@H]1O[C@@H](O[C@H]2[C@H](OC(C)=O)[C@@H](OC(C)=O)[C@H](O[C@H]3[C@H](OC(C)=O)[C@@H](OC(C)=O)[C@H](O[C@@H]4C=CO[C@H](COC(C)=O)[C@H]4OC(C)=O)O[C@@H]3COC(C)=O)O[C@@H]2COC(C)=O)[C@H](OC(C)=O)[C@@H](OC(C)=O)[C@@H]1OC(C)=O. The van der Waals surface area contributed by atoms with Crippen LogP contribution in [0, 0.1) is 0 Å². The molecule has 0 bridgehead atoms. The Balaban J connectivity index is 1.92. The summed E-state index contributed by atoms with van der Waals surface area (Å²) >= 11 is 0. The van der Waals surface area contributed by atoms with Crippen molar-refractivity contribution in [3.8, 4) is 0 Å². The number of hydrogen-bond acceptors (Lipinski definition) is 31.